The Morgan fingerprint density at radius 1 is 1.29 bits per heavy atom. The Morgan fingerprint density at radius 3 is 2.68 bits per heavy atom. The van der Waals surface area contributed by atoms with Crippen LogP contribution in [0, 0.1) is 0 Å². The van der Waals surface area contributed by atoms with Gasteiger partial charge in [0, 0.05) is 16.5 Å². The highest BCUT2D eigenvalue weighted by atomic mass is 32.2. The Balaban J connectivity index is 2.34. The van der Waals surface area contributed by atoms with Gasteiger partial charge in [-0.25, -0.2) is 0 Å². The molecule has 0 saturated carbocycles. The van der Waals surface area contributed by atoms with E-state index in [-0.39, 0.29) is 16.9 Å². The number of hydrogen-bond acceptors (Lipinski definition) is 6. The van der Waals surface area contributed by atoms with E-state index in [9.17, 15) is 14.7 Å². The highest BCUT2D eigenvalue weighted by molar-refractivity contribution is 7.98. The predicted molar refractivity (Wildman–Crippen MR) is 110 cm³/mol. The second-order valence-corrected chi connectivity index (χ2v) is 7.19. The molecule has 3 rings (SSSR count). The summed E-state index contributed by atoms with van der Waals surface area (Å²) in [6, 6.07) is 5.71. The molecule has 0 heterocycles. The van der Waals surface area contributed by atoms with E-state index in [2.05, 4.69) is 5.32 Å². The number of carbonyl (C=O) groups is 1. The van der Waals surface area contributed by atoms with E-state index in [1.165, 1.54) is 32.0 Å². The lowest BCUT2D eigenvalue weighted by molar-refractivity contribution is -0.119. The summed E-state index contributed by atoms with van der Waals surface area (Å²) in [4.78, 5) is 25.5. The number of rotatable bonds is 4. The van der Waals surface area contributed by atoms with E-state index < -0.39 is 18.8 Å². The van der Waals surface area contributed by atoms with Gasteiger partial charge in [0.25, 0.3) is 0 Å². The van der Waals surface area contributed by atoms with E-state index in [1.807, 2.05) is 0 Å². The zero-order valence-corrected chi connectivity index (χ0v) is 16.6. The molecule has 2 N–H and O–H groups in total. The van der Waals surface area contributed by atoms with Gasteiger partial charge < -0.3 is 19.9 Å². The number of nitrogens with one attached hydrogen (secondary N) is 1. The van der Waals surface area contributed by atoms with E-state index in [0.717, 1.165) is 5.56 Å². The van der Waals surface area contributed by atoms with Crippen LogP contribution in [-0.2, 0) is 11.2 Å². The van der Waals surface area contributed by atoms with Gasteiger partial charge in [-0.1, -0.05) is 6.07 Å². The van der Waals surface area contributed by atoms with E-state index in [1.54, 1.807) is 24.5 Å². The smallest absolute Gasteiger partial charge is 0.217 e. The highest BCUT2D eigenvalue weighted by Gasteiger charge is 2.28. The minimum Gasteiger partial charge on any atom is -0.504 e. The summed E-state index contributed by atoms with van der Waals surface area (Å²) in [6.45, 7) is -2.82. The zero-order valence-electron chi connectivity index (χ0n) is 18.8. The summed E-state index contributed by atoms with van der Waals surface area (Å²) in [6.07, 6.45) is 2.51. The predicted octanol–water partition coefficient (Wildman–Crippen LogP) is 3.28. The van der Waals surface area contributed by atoms with Crippen molar-refractivity contribution < 1.29 is 23.5 Å². The first-order valence-electron chi connectivity index (χ1n) is 10.1. The maximum atomic E-state index is 12.8. The number of carbonyl (C=O) groups excluding carboxylic acids is 1. The largest absolute Gasteiger partial charge is 0.504 e. The fourth-order valence-corrected chi connectivity index (χ4v) is 4.10. The van der Waals surface area contributed by atoms with Crippen LogP contribution in [0.3, 0.4) is 0 Å². The number of hydrogen-bond donors (Lipinski definition) is 2. The van der Waals surface area contributed by atoms with Crippen molar-refractivity contribution >= 4 is 17.7 Å². The first-order valence-corrected chi connectivity index (χ1v) is 9.85. The molecule has 0 aliphatic heterocycles. The lowest BCUT2D eigenvalue weighted by atomic mass is 9.95. The van der Waals surface area contributed by atoms with Crippen molar-refractivity contribution in [2.75, 3.05) is 20.5 Å². The van der Waals surface area contributed by atoms with Crippen molar-refractivity contribution in [3.05, 3.63) is 45.6 Å². The molecular formula is C21H23NO5S. The molecule has 2 aromatic carbocycles. The number of fused-ring (bicyclic) bond motifs is 3. The minimum atomic E-state index is -2.82. The van der Waals surface area contributed by atoms with Gasteiger partial charge in [0.2, 0.25) is 11.7 Å². The van der Waals surface area contributed by atoms with Gasteiger partial charge in [0.1, 0.15) is 0 Å². The van der Waals surface area contributed by atoms with Gasteiger partial charge in [0.05, 0.1) is 25.2 Å². The van der Waals surface area contributed by atoms with Gasteiger partial charge in [-0.3, -0.25) is 9.59 Å². The second kappa shape index (κ2) is 8.14. The lowest BCUT2D eigenvalue weighted by Crippen LogP contribution is -2.26. The Bertz CT molecular complexity index is 1090. The Hall–Kier alpha value is -2.67. The van der Waals surface area contributed by atoms with Crippen LogP contribution in [0.25, 0.3) is 11.1 Å². The number of methoxy groups -OCH3 is 2. The summed E-state index contributed by atoms with van der Waals surface area (Å²) in [5.41, 5.74) is 2.19. The van der Waals surface area contributed by atoms with Crippen molar-refractivity contribution in [1.82, 2.24) is 5.32 Å². The molecular weight excluding hydrogens is 378 g/mol. The molecule has 7 heteroatoms. The number of thioether (sulfide) groups is 1. The topological polar surface area (TPSA) is 84.9 Å². The van der Waals surface area contributed by atoms with Gasteiger partial charge in [0.15, 0.2) is 16.9 Å². The quantitative estimate of drug-likeness (QED) is 0.761. The maximum absolute atomic E-state index is 12.8. The normalized spacial score (nSPS) is 17.1. The SMILES string of the molecule is [2H]C([2H])([2H])C(=O)N[C@H]1CCc2cc(O)c(OC)c(OC)c2-c2ccc(SC)c(=O)cc21. The summed E-state index contributed by atoms with van der Waals surface area (Å²) in [5, 5.41) is 13.0. The average Bonchev–Trinajstić information content (AvgIpc) is 2.95. The molecule has 1 atom stereocenters. The van der Waals surface area contributed by atoms with Crippen molar-refractivity contribution in [3.63, 3.8) is 0 Å². The molecule has 0 spiro atoms. The van der Waals surface area contributed by atoms with Crippen LogP contribution in [0.2, 0.25) is 0 Å². The summed E-state index contributed by atoms with van der Waals surface area (Å²) in [7, 11) is 2.86. The standard InChI is InChI=1S/C21H23NO5S/c1-11(23)22-15-7-5-12-9-17(25)20(26-2)21(27-3)19(12)13-6-8-18(28-4)16(24)10-14(13)15/h6,8-10,15,25H,5,7H2,1-4H3,(H,22,23)/t15-/m0/s1/i1D3. The summed E-state index contributed by atoms with van der Waals surface area (Å²) in [5.74, 6) is -0.743. The molecule has 0 unspecified atom stereocenters. The van der Waals surface area contributed by atoms with Crippen LogP contribution in [0.15, 0.2) is 34.0 Å². The molecule has 6 nitrogen and oxygen atoms in total. The van der Waals surface area contributed by atoms with Crippen LogP contribution >= 0.6 is 11.8 Å². The fourth-order valence-electron chi connectivity index (χ4n) is 3.64. The van der Waals surface area contributed by atoms with Gasteiger partial charge in [-0.15, -0.1) is 11.8 Å². The van der Waals surface area contributed by atoms with Crippen molar-refractivity contribution in [1.29, 1.82) is 0 Å². The molecule has 1 aliphatic rings. The molecule has 0 radical (unpaired) electrons. The van der Waals surface area contributed by atoms with Crippen LogP contribution < -0.4 is 20.2 Å². The Labute approximate surface area is 172 Å². The third-order valence-corrected chi connectivity index (χ3v) is 5.60. The molecule has 1 amide bonds. The minimum absolute atomic E-state index is 0.0979. The first-order chi connectivity index (χ1) is 14.6. The van der Waals surface area contributed by atoms with Crippen LogP contribution in [0.5, 0.6) is 17.2 Å². The zero-order chi connectivity index (χ0) is 22.9. The number of amides is 1. The second-order valence-electron chi connectivity index (χ2n) is 6.34. The van der Waals surface area contributed by atoms with Crippen LogP contribution in [0.1, 0.15) is 34.6 Å². The van der Waals surface area contributed by atoms with E-state index in [4.69, 9.17) is 13.6 Å². The molecule has 0 aromatic heterocycles. The average molecular weight is 405 g/mol. The van der Waals surface area contributed by atoms with Crippen molar-refractivity contribution in [3.8, 4) is 28.4 Å². The molecule has 0 saturated heterocycles. The van der Waals surface area contributed by atoms with Gasteiger partial charge >= 0.3 is 0 Å². The van der Waals surface area contributed by atoms with Crippen LogP contribution in [-0.4, -0.2) is 31.5 Å². The van der Waals surface area contributed by atoms with E-state index >= 15 is 0 Å². The number of aryl methyl sites for hydroxylation is 1. The summed E-state index contributed by atoms with van der Waals surface area (Å²) < 4.78 is 33.1. The molecule has 1 aliphatic carbocycles. The van der Waals surface area contributed by atoms with Crippen molar-refractivity contribution in [2.45, 2.75) is 30.6 Å². The number of phenols is 1. The third kappa shape index (κ3) is 3.54. The van der Waals surface area contributed by atoms with Gasteiger partial charge in [-0.2, -0.15) is 0 Å². The molecule has 0 fully saturated rings. The number of benzene rings is 1. The fraction of sp³-hybridized carbons (Fsp3) is 0.333. The Morgan fingerprint density at radius 2 is 2.04 bits per heavy atom. The molecule has 28 heavy (non-hydrogen) atoms. The molecule has 148 valence electrons. The van der Waals surface area contributed by atoms with E-state index in [0.29, 0.717) is 40.2 Å². The molecule has 0 bridgehead atoms. The lowest BCUT2D eigenvalue weighted by Gasteiger charge is -2.18. The summed E-state index contributed by atoms with van der Waals surface area (Å²) >= 11 is 1.29. The highest BCUT2D eigenvalue weighted by Crippen LogP contribution is 2.49. The Kier molecular flexibility index (Phi) is 4.74. The number of aromatic hydroxyl groups is 1. The third-order valence-electron chi connectivity index (χ3n) is 4.82. The number of ether oxygens (including phenoxy) is 2. The molecule has 2 aromatic rings. The number of phenolic OH excluding ortho intramolecular Hbond substituents is 1. The van der Waals surface area contributed by atoms with Crippen LogP contribution in [0.4, 0.5) is 0 Å². The van der Waals surface area contributed by atoms with Crippen molar-refractivity contribution in [2.24, 2.45) is 0 Å². The maximum Gasteiger partial charge on any atom is 0.217 e. The first kappa shape index (κ1) is 16.3. The van der Waals surface area contributed by atoms with Gasteiger partial charge in [-0.05, 0) is 54.0 Å². The monoisotopic (exact) mass is 404 g/mol.